The van der Waals surface area contributed by atoms with Crippen molar-refractivity contribution in [3.63, 3.8) is 0 Å². The molecule has 2 aromatic rings. The summed E-state index contributed by atoms with van der Waals surface area (Å²) >= 11 is 0. The van der Waals surface area contributed by atoms with Gasteiger partial charge in [-0.05, 0) is 17.7 Å². The van der Waals surface area contributed by atoms with Gasteiger partial charge < -0.3 is 9.88 Å². The molecule has 15 heavy (non-hydrogen) atoms. The summed E-state index contributed by atoms with van der Waals surface area (Å²) in [7, 11) is 4.03. The van der Waals surface area contributed by atoms with Crippen molar-refractivity contribution in [2.24, 2.45) is 0 Å². The standard InChI is InChI=1S/C12H13N3/c1-15(2)10-3-4-11-9(5-6-13)8-14-12(11)7-10/h3-4,7-8,14H,5H2,1-2H3. The fourth-order valence-corrected chi connectivity index (χ4v) is 1.68. The Morgan fingerprint density at radius 3 is 2.87 bits per heavy atom. The first kappa shape index (κ1) is 9.60. The zero-order valence-electron chi connectivity index (χ0n) is 8.91. The normalized spacial score (nSPS) is 10.2. The number of benzene rings is 1. The molecular formula is C12H13N3. The molecule has 3 heteroatoms. The second kappa shape index (κ2) is 3.66. The minimum atomic E-state index is 0.460. The van der Waals surface area contributed by atoms with Crippen LogP contribution in [0.15, 0.2) is 24.4 Å². The van der Waals surface area contributed by atoms with Gasteiger partial charge >= 0.3 is 0 Å². The zero-order valence-corrected chi connectivity index (χ0v) is 8.91. The Hall–Kier alpha value is -1.95. The summed E-state index contributed by atoms with van der Waals surface area (Å²) in [5.41, 5.74) is 3.32. The highest BCUT2D eigenvalue weighted by molar-refractivity contribution is 5.86. The van der Waals surface area contributed by atoms with Crippen LogP contribution >= 0.6 is 0 Å². The van der Waals surface area contributed by atoms with Crippen LogP contribution in [-0.2, 0) is 6.42 Å². The Balaban J connectivity index is 2.53. The van der Waals surface area contributed by atoms with Crippen LogP contribution in [0.4, 0.5) is 5.69 Å². The van der Waals surface area contributed by atoms with Crippen LogP contribution in [0.25, 0.3) is 10.9 Å². The van der Waals surface area contributed by atoms with E-state index in [0.717, 1.165) is 22.2 Å². The van der Waals surface area contributed by atoms with E-state index in [2.05, 4.69) is 34.2 Å². The molecule has 0 aliphatic carbocycles. The molecule has 1 heterocycles. The van der Waals surface area contributed by atoms with Crippen molar-refractivity contribution in [1.82, 2.24) is 4.98 Å². The fraction of sp³-hybridized carbons (Fsp3) is 0.250. The number of aromatic amines is 1. The average molecular weight is 199 g/mol. The average Bonchev–Trinajstić information content (AvgIpc) is 2.61. The van der Waals surface area contributed by atoms with Crippen molar-refractivity contribution in [2.45, 2.75) is 6.42 Å². The van der Waals surface area contributed by atoms with Crippen LogP contribution in [0, 0.1) is 11.3 Å². The Labute approximate surface area is 88.9 Å². The molecule has 0 radical (unpaired) electrons. The quantitative estimate of drug-likeness (QED) is 0.806. The summed E-state index contributed by atoms with van der Waals surface area (Å²) in [6.07, 6.45) is 2.37. The van der Waals surface area contributed by atoms with Gasteiger partial charge in [0.2, 0.25) is 0 Å². The van der Waals surface area contributed by atoms with Crippen LogP contribution in [-0.4, -0.2) is 19.1 Å². The van der Waals surface area contributed by atoms with E-state index in [-0.39, 0.29) is 0 Å². The third-order valence-corrected chi connectivity index (χ3v) is 2.54. The molecule has 0 aliphatic heterocycles. The Morgan fingerprint density at radius 1 is 1.40 bits per heavy atom. The molecule has 0 aliphatic rings. The Morgan fingerprint density at radius 2 is 2.20 bits per heavy atom. The van der Waals surface area contributed by atoms with Crippen LogP contribution in [0.5, 0.6) is 0 Å². The molecular weight excluding hydrogens is 186 g/mol. The van der Waals surface area contributed by atoms with Crippen molar-refractivity contribution >= 4 is 16.6 Å². The van der Waals surface area contributed by atoms with E-state index in [1.807, 2.05) is 20.3 Å². The Bertz CT molecular complexity index is 517. The highest BCUT2D eigenvalue weighted by Crippen LogP contribution is 2.23. The van der Waals surface area contributed by atoms with Crippen molar-refractivity contribution in [1.29, 1.82) is 5.26 Å². The van der Waals surface area contributed by atoms with E-state index in [1.54, 1.807) is 0 Å². The monoisotopic (exact) mass is 199 g/mol. The number of anilines is 1. The molecule has 1 N–H and O–H groups in total. The molecule has 0 fully saturated rings. The lowest BCUT2D eigenvalue weighted by atomic mass is 10.1. The molecule has 0 unspecified atom stereocenters. The van der Waals surface area contributed by atoms with Crippen molar-refractivity contribution in [3.8, 4) is 6.07 Å². The predicted octanol–water partition coefficient (Wildman–Crippen LogP) is 2.30. The van der Waals surface area contributed by atoms with E-state index in [9.17, 15) is 0 Å². The zero-order chi connectivity index (χ0) is 10.8. The fourth-order valence-electron chi connectivity index (χ4n) is 1.68. The van der Waals surface area contributed by atoms with Gasteiger partial charge in [0.05, 0.1) is 12.5 Å². The van der Waals surface area contributed by atoms with Gasteiger partial charge in [0, 0.05) is 36.9 Å². The Kier molecular flexibility index (Phi) is 2.34. The maximum atomic E-state index is 8.67. The minimum Gasteiger partial charge on any atom is -0.378 e. The number of fused-ring (bicyclic) bond motifs is 1. The number of hydrogen-bond acceptors (Lipinski definition) is 2. The second-order valence-corrected chi connectivity index (χ2v) is 3.77. The van der Waals surface area contributed by atoms with Crippen LogP contribution < -0.4 is 4.90 Å². The van der Waals surface area contributed by atoms with E-state index in [0.29, 0.717) is 6.42 Å². The minimum absolute atomic E-state index is 0.460. The summed E-state index contributed by atoms with van der Waals surface area (Å²) in [4.78, 5) is 5.25. The van der Waals surface area contributed by atoms with E-state index in [4.69, 9.17) is 5.26 Å². The van der Waals surface area contributed by atoms with E-state index >= 15 is 0 Å². The van der Waals surface area contributed by atoms with Gasteiger partial charge in [0.15, 0.2) is 0 Å². The summed E-state index contributed by atoms with van der Waals surface area (Å²) in [6, 6.07) is 8.39. The molecule has 3 nitrogen and oxygen atoms in total. The maximum Gasteiger partial charge on any atom is 0.0670 e. The van der Waals surface area contributed by atoms with Crippen LogP contribution in [0.2, 0.25) is 0 Å². The molecule has 0 saturated carbocycles. The number of nitrogens with one attached hydrogen (secondary N) is 1. The lowest BCUT2D eigenvalue weighted by Gasteiger charge is -2.11. The largest absolute Gasteiger partial charge is 0.378 e. The topological polar surface area (TPSA) is 42.8 Å². The highest BCUT2D eigenvalue weighted by Gasteiger charge is 2.04. The number of rotatable bonds is 2. The SMILES string of the molecule is CN(C)c1ccc2c(CC#N)c[nH]c2c1. The smallest absolute Gasteiger partial charge is 0.0670 e. The van der Waals surface area contributed by atoms with Gasteiger partial charge in [0.1, 0.15) is 0 Å². The lowest BCUT2D eigenvalue weighted by Crippen LogP contribution is -2.07. The molecule has 0 bridgehead atoms. The van der Waals surface area contributed by atoms with Crippen LogP contribution in [0.3, 0.4) is 0 Å². The summed E-state index contributed by atoms with van der Waals surface area (Å²) in [5, 5.41) is 9.81. The molecule has 0 amide bonds. The van der Waals surface area contributed by atoms with Gasteiger partial charge in [-0.15, -0.1) is 0 Å². The third kappa shape index (κ3) is 1.66. The predicted molar refractivity (Wildman–Crippen MR) is 61.9 cm³/mol. The van der Waals surface area contributed by atoms with Gasteiger partial charge in [-0.25, -0.2) is 0 Å². The lowest BCUT2D eigenvalue weighted by molar-refractivity contribution is 1.13. The van der Waals surface area contributed by atoms with E-state index < -0.39 is 0 Å². The molecule has 0 saturated heterocycles. The second-order valence-electron chi connectivity index (χ2n) is 3.77. The summed E-state index contributed by atoms with van der Waals surface area (Å²) in [5.74, 6) is 0. The first-order valence-electron chi connectivity index (χ1n) is 4.86. The number of hydrogen-bond donors (Lipinski definition) is 1. The third-order valence-electron chi connectivity index (χ3n) is 2.54. The summed E-state index contributed by atoms with van der Waals surface area (Å²) in [6.45, 7) is 0. The van der Waals surface area contributed by atoms with Crippen molar-refractivity contribution < 1.29 is 0 Å². The number of nitriles is 1. The summed E-state index contributed by atoms with van der Waals surface area (Å²) < 4.78 is 0. The van der Waals surface area contributed by atoms with Gasteiger partial charge in [-0.3, -0.25) is 0 Å². The first-order valence-corrected chi connectivity index (χ1v) is 4.86. The van der Waals surface area contributed by atoms with Crippen molar-refractivity contribution in [2.75, 3.05) is 19.0 Å². The molecule has 0 spiro atoms. The molecule has 1 aromatic carbocycles. The number of aromatic nitrogens is 1. The van der Waals surface area contributed by atoms with Crippen LogP contribution in [0.1, 0.15) is 5.56 Å². The molecule has 76 valence electrons. The van der Waals surface area contributed by atoms with Gasteiger partial charge in [-0.2, -0.15) is 5.26 Å². The van der Waals surface area contributed by atoms with Crippen molar-refractivity contribution in [3.05, 3.63) is 30.0 Å². The molecule has 2 rings (SSSR count). The number of nitrogens with zero attached hydrogens (tertiary/aromatic N) is 2. The molecule has 0 atom stereocenters. The van der Waals surface area contributed by atoms with Gasteiger partial charge in [0.25, 0.3) is 0 Å². The first-order chi connectivity index (χ1) is 7.22. The highest BCUT2D eigenvalue weighted by atomic mass is 15.1. The van der Waals surface area contributed by atoms with Gasteiger partial charge in [-0.1, -0.05) is 6.07 Å². The number of H-pyrrole nitrogens is 1. The molecule has 1 aromatic heterocycles. The van der Waals surface area contributed by atoms with E-state index in [1.165, 1.54) is 0 Å². The maximum absolute atomic E-state index is 8.67.